The molecule has 0 saturated carbocycles. The first-order valence-electron chi connectivity index (χ1n) is 19.3. The summed E-state index contributed by atoms with van der Waals surface area (Å²) in [5, 5.41) is 0. The molecule has 0 bridgehead atoms. The lowest BCUT2D eigenvalue weighted by atomic mass is 9.70. The van der Waals surface area contributed by atoms with Gasteiger partial charge in [0.15, 0.2) is 0 Å². The fourth-order valence-corrected chi connectivity index (χ4v) is 7.38. The number of unbranched alkanes of at least 4 members (excludes halogenated alkanes) is 18. The highest BCUT2D eigenvalue weighted by molar-refractivity contribution is 5.30. The van der Waals surface area contributed by atoms with E-state index in [-0.39, 0.29) is 5.41 Å². The molecule has 0 spiro atoms. The number of aryl methyl sites for hydroxylation is 1. The van der Waals surface area contributed by atoms with Crippen LogP contribution in [-0.2, 0) is 18.4 Å². The third-order valence-corrected chi connectivity index (χ3v) is 10.3. The predicted octanol–water partition coefficient (Wildman–Crippen LogP) is 12.7. The minimum Gasteiger partial charge on any atom is -0.237 e. The molecule has 250 valence electrons. The van der Waals surface area contributed by atoms with Crippen LogP contribution in [0.2, 0.25) is 0 Å². The molecule has 2 heteroatoms. The second-order valence-electron chi connectivity index (χ2n) is 14.2. The van der Waals surface area contributed by atoms with Crippen LogP contribution in [-0.4, -0.2) is 4.57 Å². The van der Waals surface area contributed by atoms with Gasteiger partial charge in [0.05, 0.1) is 6.54 Å². The molecule has 0 saturated heterocycles. The van der Waals surface area contributed by atoms with Crippen LogP contribution in [0.15, 0.2) is 79.4 Å². The minimum atomic E-state index is 0.0111. The maximum absolute atomic E-state index is 2.57. The van der Waals surface area contributed by atoms with Gasteiger partial charge in [-0.2, -0.15) is 0 Å². The van der Waals surface area contributed by atoms with Crippen molar-refractivity contribution in [2.75, 3.05) is 0 Å². The Labute approximate surface area is 279 Å². The molecule has 2 unspecified atom stereocenters. The van der Waals surface area contributed by atoms with Gasteiger partial charge in [-0.05, 0) is 43.2 Å². The molecular weight excluding hydrogens is 544 g/mol. The van der Waals surface area contributed by atoms with Gasteiger partial charge in [0, 0.05) is 5.41 Å². The van der Waals surface area contributed by atoms with Gasteiger partial charge in [-0.25, -0.2) is 9.13 Å². The van der Waals surface area contributed by atoms with Gasteiger partial charge < -0.3 is 0 Å². The van der Waals surface area contributed by atoms with Gasteiger partial charge >= 0.3 is 0 Å². The molecule has 2 aromatic carbocycles. The van der Waals surface area contributed by atoms with E-state index >= 15 is 0 Å². The van der Waals surface area contributed by atoms with Crippen molar-refractivity contribution in [3.05, 3.63) is 90.5 Å². The summed E-state index contributed by atoms with van der Waals surface area (Å²) in [6, 6.07) is 23.0. The summed E-state index contributed by atoms with van der Waals surface area (Å²) in [4.78, 5) is 0. The number of aromatic nitrogens is 2. The van der Waals surface area contributed by atoms with Crippen molar-refractivity contribution in [1.82, 2.24) is 4.57 Å². The first-order valence-corrected chi connectivity index (χ1v) is 19.3. The maximum atomic E-state index is 2.57. The smallest absolute Gasteiger partial charge is 0.237 e. The van der Waals surface area contributed by atoms with Crippen LogP contribution in [0.4, 0.5) is 0 Å². The summed E-state index contributed by atoms with van der Waals surface area (Å²) < 4.78 is 5.01. The molecule has 1 aromatic heterocycles. The van der Waals surface area contributed by atoms with Crippen molar-refractivity contribution in [3.8, 4) is 0 Å². The molecular formula is C43H69N2+. The maximum Gasteiger partial charge on any atom is 0.244 e. The zero-order chi connectivity index (χ0) is 31.8. The van der Waals surface area contributed by atoms with Crippen LogP contribution in [0.25, 0.3) is 0 Å². The fraction of sp³-hybridized carbons (Fsp3) is 0.651. The molecule has 0 fully saturated rings. The van der Waals surface area contributed by atoms with Crippen molar-refractivity contribution < 1.29 is 4.57 Å². The SMILES string of the molecule is CCCCCCCCCCCCCCCCCCC(n1cc[n+](CCCCCC)c1)C(C)(Cc1ccccc1)c1ccccc1. The Morgan fingerprint density at radius 2 is 1.04 bits per heavy atom. The lowest BCUT2D eigenvalue weighted by Crippen LogP contribution is -2.38. The molecule has 0 aliphatic carbocycles. The van der Waals surface area contributed by atoms with Crippen LogP contribution in [0.3, 0.4) is 0 Å². The molecule has 0 aliphatic heterocycles. The van der Waals surface area contributed by atoms with Crippen LogP contribution in [0.5, 0.6) is 0 Å². The largest absolute Gasteiger partial charge is 0.244 e. The molecule has 45 heavy (non-hydrogen) atoms. The highest BCUT2D eigenvalue weighted by Crippen LogP contribution is 2.41. The quantitative estimate of drug-likeness (QED) is 0.0597. The molecule has 3 aromatic rings. The normalized spacial score (nSPS) is 13.6. The second kappa shape index (κ2) is 23.0. The predicted molar refractivity (Wildman–Crippen MR) is 196 cm³/mol. The topological polar surface area (TPSA) is 8.81 Å². The van der Waals surface area contributed by atoms with E-state index in [0.717, 1.165) is 13.0 Å². The van der Waals surface area contributed by atoms with E-state index in [0.29, 0.717) is 6.04 Å². The Morgan fingerprint density at radius 3 is 1.58 bits per heavy atom. The zero-order valence-electron chi connectivity index (χ0n) is 29.7. The average molecular weight is 614 g/mol. The molecule has 0 radical (unpaired) electrons. The van der Waals surface area contributed by atoms with Crippen molar-refractivity contribution in [1.29, 1.82) is 0 Å². The average Bonchev–Trinajstić information content (AvgIpc) is 3.53. The summed E-state index contributed by atoms with van der Waals surface area (Å²) in [5.74, 6) is 0. The Hall–Kier alpha value is -2.35. The highest BCUT2D eigenvalue weighted by atomic mass is 15.1. The fourth-order valence-electron chi connectivity index (χ4n) is 7.38. The van der Waals surface area contributed by atoms with E-state index in [2.05, 4.69) is 109 Å². The second-order valence-corrected chi connectivity index (χ2v) is 14.2. The lowest BCUT2D eigenvalue weighted by molar-refractivity contribution is -0.697. The van der Waals surface area contributed by atoms with Crippen LogP contribution < -0.4 is 4.57 Å². The zero-order valence-corrected chi connectivity index (χ0v) is 29.7. The molecule has 1 heterocycles. The molecule has 0 N–H and O–H groups in total. The lowest BCUT2D eigenvalue weighted by Gasteiger charge is -2.37. The number of hydrogen-bond donors (Lipinski definition) is 0. The monoisotopic (exact) mass is 614 g/mol. The Bertz CT molecular complexity index is 1090. The van der Waals surface area contributed by atoms with Gasteiger partial charge in [-0.15, -0.1) is 0 Å². The van der Waals surface area contributed by atoms with Crippen LogP contribution in [0, 0.1) is 0 Å². The third-order valence-electron chi connectivity index (χ3n) is 10.3. The van der Waals surface area contributed by atoms with E-state index in [1.165, 1.54) is 146 Å². The van der Waals surface area contributed by atoms with Gasteiger partial charge in [0.1, 0.15) is 18.4 Å². The van der Waals surface area contributed by atoms with E-state index < -0.39 is 0 Å². The summed E-state index contributed by atoms with van der Waals surface area (Å²) in [6.07, 6.45) is 37.3. The number of rotatable bonds is 27. The van der Waals surface area contributed by atoms with E-state index in [9.17, 15) is 0 Å². The van der Waals surface area contributed by atoms with E-state index in [1.54, 1.807) is 0 Å². The summed E-state index contributed by atoms with van der Waals surface area (Å²) in [5.41, 5.74) is 2.90. The van der Waals surface area contributed by atoms with Crippen molar-refractivity contribution in [2.24, 2.45) is 0 Å². The summed E-state index contributed by atoms with van der Waals surface area (Å²) >= 11 is 0. The van der Waals surface area contributed by atoms with Crippen LogP contribution >= 0.6 is 0 Å². The highest BCUT2D eigenvalue weighted by Gasteiger charge is 2.40. The van der Waals surface area contributed by atoms with Gasteiger partial charge in [-0.3, -0.25) is 0 Å². The molecule has 2 atom stereocenters. The molecule has 0 amide bonds. The Balaban J connectivity index is 1.52. The van der Waals surface area contributed by atoms with Crippen molar-refractivity contribution in [2.45, 2.75) is 180 Å². The first-order chi connectivity index (χ1) is 22.2. The summed E-state index contributed by atoms with van der Waals surface area (Å²) in [6.45, 7) is 8.25. The van der Waals surface area contributed by atoms with Crippen molar-refractivity contribution in [3.63, 3.8) is 0 Å². The number of hydrogen-bond acceptors (Lipinski definition) is 0. The number of benzene rings is 2. The minimum absolute atomic E-state index is 0.0111. The molecule has 3 rings (SSSR count). The van der Waals surface area contributed by atoms with Gasteiger partial charge in [0.25, 0.3) is 0 Å². The van der Waals surface area contributed by atoms with Gasteiger partial charge in [0.2, 0.25) is 6.33 Å². The summed E-state index contributed by atoms with van der Waals surface area (Å²) in [7, 11) is 0. The number of imidazole rings is 1. The Kier molecular flexibility index (Phi) is 19.0. The molecule has 2 nitrogen and oxygen atoms in total. The van der Waals surface area contributed by atoms with Gasteiger partial charge in [-0.1, -0.05) is 191 Å². The van der Waals surface area contributed by atoms with E-state index in [4.69, 9.17) is 0 Å². The number of nitrogens with zero attached hydrogens (tertiary/aromatic N) is 2. The van der Waals surface area contributed by atoms with Crippen LogP contribution in [0.1, 0.15) is 173 Å². The first kappa shape index (κ1) is 37.1. The van der Waals surface area contributed by atoms with Crippen molar-refractivity contribution >= 4 is 0 Å². The third kappa shape index (κ3) is 14.3. The van der Waals surface area contributed by atoms with E-state index in [1.807, 2.05) is 0 Å². The Morgan fingerprint density at radius 1 is 0.578 bits per heavy atom. The standard InChI is InChI=1S/C43H69N2/c1-4-6-8-10-11-12-13-14-15-16-17-18-19-20-21-28-34-42(45-37-36-44(39-45)35-29-9-7-5-2)43(3,41-32-26-23-27-33-41)38-40-30-24-22-25-31-40/h22-27,30-33,36-37,39,42H,4-21,28-29,34-35,38H2,1-3H3/q+1. The molecule has 0 aliphatic rings.